The number of aromatic nitrogens is 2. The molecule has 1 aliphatic heterocycles. The standard InChI is InChI=1S/C19H25ClN4O3S/c1-15-4-2-10-24(13-15)28(26,27)18-12-16(5-6-17(18)20)19(25)22-7-3-9-23-11-8-21-14-23/h5-6,8,11-12,14-15H,2-4,7,9-10,13H2,1H3,(H,22,25). The van der Waals surface area contributed by atoms with Crippen LogP contribution < -0.4 is 5.32 Å². The van der Waals surface area contributed by atoms with Gasteiger partial charge in [-0.25, -0.2) is 13.4 Å². The predicted octanol–water partition coefficient (Wildman–Crippen LogP) is 2.78. The number of sulfonamides is 1. The molecule has 0 bridgehead atoms. The van der Waals surface area contributed by atoms with Crippen LogP contribution in [0, 0.1) is 5.92 Å². The summed E-state index contributed by atoms with van der Waals surface area (Å²) < 4.78 is 29.4. The zero-order valence-electron chi connectivity index (χ0n) is 15.8. The number of benzene rings is 1. The number of nitrogens with one attached hydrogen (secondary N) is 1. The van der Waals surface area contributed by atoms with Crippen molar-refractivity contribution < 1.29 is 13.2 Å². The van der Waals surface area contributed by atoms with Crippen LogP contribution in [0.25, 0.3) is 0 Å². The van der Waals surface area contributed by atoms with Crippen LogP contribution in [0.15, 0.2) is 41.8 Å². The first kappa shape index (κ1) is 20.8. The Balaban J connectivity index is 1.67. The maximum Gasteiger partial charge on any atom is 0.251 e. The van der Waals surface area contributed by atoms with E-state index in [9.17, 15) is 13.2 Å². The van der Waals surface area contributed by atoms with E-state index < -0.39 is 10.0 Å². The molecule has 152 valence electrons. The Morgan fingerprint density at radius 3 is 2.93 bits per heavy atom. The summed E-state index contributed by atoms with van der Waals surface area (Å²) >= 11 is 6.18. The Morgan fingerprint density at radius 2 is 2.21 bits per heavy atom. The van der Waals surface area contributed by atoms with Gasteiger partial charge in [-0.05, 0) is 43.4 Å². The molecule has 3 rings (SSSR count). The number of amides is 1. The van der Waals surface area contributed by atoms with E-state index in [1.807, 2.05) is 17.7 Å². The summed E-state index contributed by atoms with van der Waals surface area (Å²) in [4.78, 5) is 16.4. The van der Waals surface area contributed by atoms with Crippen LogP contribution in [-0.2, 0) is 16.6 Å². The molecule has 1 N–H and O–H groups in total. The molecule has 0 spiro atoms. The van der Waals surface area contributed by atoms with Crippen LogP contribution in [0.1, 0.15) is 36.5 Å². The molecule has 1 aliphatic rings. The molecule has 1 amide bonds. The number of carbonyl (C=O) groups excluding carboxylic acids is 1. The van der Waals surface area contributed by atoms with Gasteiger partial charge in [0.05, 0.1) is 11.3 Å². The van der Waals surface area contributed by atoms with Crippen LogP contribution in [0.5, 0.6) is 0 Å². The lowest BCUT2D eigenvalue weighted by Gasteiger charge is -2.30. The first-order valence-corrected chi connectivity index (χ1v) is 11.2. The number of hydrogen-bond acceptors (Lipinski definition) is 4. The highest BCUT2D eigenvalue weighted by molar-refractivity contribution is 7.89. The van der Waals surface area contributed by atoms with Gasteiger partial charge >= 0.3 is 0 Å². The van der Waals surface area contributed by atoms with Crippen molar-refractivity contribution in [2.75, 3.05) is 19.6 Å². The zero-order valence-corrected chi connectivity index (χ0v) is 17.4. The number of halogens is 1. The first-order chi connectivity index (χ1) is 13.4. The molecule has 1 aromatic heterocycles. The molecule has 28 heavy (non-hydrogen) atoms. The molecule has 1 unspecified atom stereocenters. The van der Waals surface area contributed by atoms with Gasteiger partial charge in [-0.3, -0.25) is 4.79 Å². The highest BCUT2D eigenvalue weighted by Gasteiger charge is 2.30. The summed E-state index contributed by atoms with van der Waals surface area (Å²) in [6, 6.07) is 4.40. The summed E-state index contributed by atoms with van der Waals surface area (Å²) in [6.45, 7) is 4.22. The highest BCUT2D eigenvalue weighted by atomic mass is 35.5. The van der Waals surface area contributed by atoms with Crippen LogP contribution in [0.3, 0.4) is 0 Å². The van der Waals surface area contributed by atoms with Gasteiger partial charge in [0.15, 0.2) is 0 Å². The Morgan fingerprint density at radius 1 is 1.39 bits per heavy atom. The normalized spacial score (nSPS) is 18.1. The minimum Gasteiger partial charge on any atom is -0.352 e. The minimum absolute atomic E-state index is 0.00525. The maximum absolute atomic E-state index is 13.0. The number of piperidine rings is 1. The molecule has 0 saturated carbocycles. The summed E-state index contributed by atoms with van der Waals surface area (Å²) in [5, 5.41) is 2.96. The van der Waals surface area contributed by atoms with Crippen LogP contribution in [0.4, 0.5) is 0 Å². The predicted molar refractivity (Wildman–Crippen MR) is 108 cm³/mol. The van der Waals surface area contributed by atoms with Crippen molar-refractivity contribution in [1.82, 2.24) is 19.2 Å². The summed E-state index contributed by atoms with van der Waals surface area (Å²) in [5.41, 5.74) is 0.288. The van der Waals surface area contributed by atoms with Crippen molar-refractivity contribution in [3.63, 3.8) is 0 Å². The van der Waals surface area contributed by atoms with Crippen LogP contribution in [-0.4, -0.2) is 47.8 Å². The van der Waals surface area contributed by atoms with E-state index >= 15 is 0 Å². The van der Waals surface area contributed by atoms with E-state index in [1.165, 1.54) is 16.4 Å². The number of imidazole rings is 1. The topological polar surface area (TPSA) is 84.3 Å². The van der Waals surface area contributed by atoms with Gasteiger partial charge in [0.2, 0.25) is 10.0 Å². The Bertz CT molecular complexity index is 915. The Labute approximate surface area is 170 Å². The van der Waals surface area contributed by atoms with Gasteiger partial charge in [0, 0.05) is 44.1 Å². The van der Waals surface area contributed by atoms with E-state index in [-0.39, 0.29) is 21.4 Å². The average molecular weight is 425 g/mol. The zero-order chi connectivity index (χ0) is 20.1. The van der Waals surface area contributed by atoms with Crippen LogP contribution in [0.2, 0.25) is 5.02 Å². The molecular formula is C19H25ClN4O3S. The molecule has 9 heteroatoms. The van der Waals surface area contributed by atoms with Gasteiger partial charge in [0.1, 0.15) is 4.90 Å². The van der Waals surface area contributed by atoms with E-state index in [0.29, 0.717) is 25.6 Å². The number of carbonyl (C=O) groups is 1. The smallest absolute Gasteiger partial charge is 0.251 e. The van der Waals surface area contributed by atoms with Crippen molar-refractivity contribution in [2.45, 2.75) is 37.6 Å². The summed E-state index contributed by atoms with van der Waals surface area (Å²) in [5.74, 6) is -0.00459. The number of nitrogens with zero attached hydrogens (tertiary/aromatic N) is 3. The molecule has 1 aromatic carbocycles. The quantitative estimate of drug-likeness (QED) is 0.692. The SMILES string of the molecule is CC1CCCN(S(=O)(=O)c2cc(C(=O)NCCCn3ccnc3)ccc2Cl)C1. The largest absolute Gasteiger partial charge is 0.352 e. The Hall–Kier alpha value is -1.90. The fraction of sp³-hybridized carbons (Fsp3) is 0.474. The summed E-state index contributed by atoms with van der Waals surface area (Å²) in [7, 11) is -3.73. The fourth-order valence-corrected chi connectivity index (χ4v) is 5.43. The third-order valence-electron chi connectivity index (χ3n) is 4.87. The van der Waals surface area contributed by atoms with E-state index in [0.717, 1.165) is 25.8 Å². The van der Waals surface area contributed by atoms with Crippen molar-refractivity contribution in [3.8, 4) is 0 Å². The molecule has 2 heterocycles. The van der Waals surface area contributed by atoms with E-state index in [4.69, 9.17) is 11.6 Å². The van der Waals surface area contributed by atoms with Gasteiger partial charge in [0.25, 0.3) is 5.91 Å². The van der Waals surface area contributed by atoms with E-state index in [2.05, 4.69) is 10.3 Å². The van der Waals surface area contributed by atoms with Gasteiger partial charge in [-0.2, -0.15) is 4.31 Å². The molecule has 0 radical (unpaired) electrons. The minimum atomic E-state index is -3.73. The monoisotopic (exact) mass is 424 g/mol. The molecule has 7 nitrogen and oxygen atoms in total. The van der Waals surface area contributed by atoms with Gasteiger partial charge in [-0.15, -0.1) is 0 Å². The second kappa shape index (κ2) is 9.07. The third-order valence-corrected chi connectivity index (χ3v) is 7.22. The average Bonchev–Trinajstić information content (AvgIpc) is 3.19. The summed E-state index contributed by atoms with van der Waals surface area (Å²) in [6.07, 6.45) is 7.87. The first-order valence-electron chi connectivity index (χ1n) is 9.41. The molecule has 2 aromatic rings. The third kappa shape index (κ3) is 4.92. The van der Waals surface area contributed by atoms with Crippen molar-refractivity contribution >= 4 is 27.5 Å². The number of aryl methyl sites for hydroxylation is 1. The molecule has 1 atom stereocenters. The molecule has 0 aliphatic carbocycles. The van der Waals surface area contributed by atoms with Gasteiger partial charge < -0.3 is 9.88 Å². The highest BCUT2D eigenvalue weighted by Crippen LogP contribution is 2.29. The lowest BCUT2D eigenvalue weighted by Crippen LogP contribution is -2.39. The van der Waals surface area contributed by atoms with Gasteiger partial charge in [-0.1, -0.05) is 18.5 Å². The second-order valence-electron chi connectivity index (χ2n) is 7.17. The van der Waals surface area contributed by atoms with Crippen LogP contribution >= 0.6 is 11.6 Å². The second-order valence-corrected chi connectivity index (χ2v) is 9.48. The lowest BCUT2D eigenvalue weighted by atomic mass is 10.0. The number of rotatable bonds is 7. The lowest BCUT2D eigenvalue weighted by molar-refractivity contribution is 0.0952. The van der Waals surface area contributed by atoms with E-state index in [1.54, 1.807) is 18.6 Å². The molecule has 1 saturated heterocycles. The number of hydrogen-bond donors (Lipinski definition) is 1. The van der Waals surface area contributed by atoms with Crippen molar-refractivity contribution in [2.24, 2.45) is 5.92 Å². The molecule has 1 fully saturated rings. The maximum atomic E-state index is 13.0. The Kier molecular flexibility index (Phi) is 6.74. The van der Waals surface area contributed by atoms with Crippen molar-refractivity contribution in [3.05, 3.63) is 47.5 Å². The molecular weight excluding hydrogens is 400 g/mol. The fourth-order valence-electron chi connectivity index (χ4n) is 3.33. The van der Waals surface area contributed by atoms with Crippen molar-refractivity contribution in [1.29, 1.82) is 0 Å².